The van der Waals surface area contributed by atoms with E-state index in [0.29, 0.717) is 11.7 Å². The van der Waals surface area contributed by atoms with Crippen LogP contribution in [0.3, 0.4) is 0 Å². The molecule has 0 radical (unpaired) electrons. The van der Waals surface area contributed by atoms with Crippen LogP contribution in [-0.2, 0) is 11.3 Å². The van der Waals surface area contributed by atoms with Crippen molar-refractivity contribution in [2.45, 2.75) is 24.5 Å². The van der Waals surface area contributed by atoms with Crippen molar-refractivity contribution in [3.63, 3.8) is 0 Å². The molecule has 10 nitrogen and oxygen atoms in total. The summed E-state index contributed by atoms with van der Waals surface area (Å²) in [5.41, 5.74) is -0.549. The topological polar surface area (TPSA) is 119 Å². The molecule has 12 heteroatoms. The third kappa shape index (κ3) is 4.85. The Hall–Kier alpha value is -3.41. The summed E-state index contributed by atoms with van der Waals surface area (Å²) in [5, 5.41) is 22.5. The summed E-state index contributed by atoms with van der Waals surface area (Å²) in [6.45, 7) is 2.22. The van der Waals surface area contributed by atoms with Crippen LogP contribution in [0.5, 0.6) is 0 Å². The highest BCUT2D eigenvalue weighted by atomic mass is 32.2. The van der Waals surface area contributed by atoms with Crippen LogP contribution in [-0.4, -0.2) is 44.4 Å². The van der Waals surface area contributed by atoms with E-state index < -0.39 is 22.3 Å². The maximum Gasteiger partial charge on any atom is 0.306 e. The number of benzene rings is 1. The zero-order valence-corrected chi connectivity index (χ0v) is 17.2. The number of carbonyl (C=O) groups is 1. The molecule has 0 atom stereocenters. The number of furan rings is 1. The molecule has 1 aromatic carbocycles. The van der Waals surface area contributed by atoms with Crippen molar-refractivity contribution in [1.29, 1.82) is 0 Å². The Kier molecular flexibility index (Phi) is 6.16. The minimum absolute atomic E-state index is 0.00145. The fraction of sp³-hybridized carbons (Fsp3) is 0.316. The molecule has 0 aliphatic carbocycles. The number of nitrogens with one attached hydrogen (secondary N) is 1. The first kappa shape index (κ1) is 20.8. The van der Waals surface area contributed by atoms with Gasteiger partial charge >= 0.3 is 5.69 Å². The first-order valence-electron chi connectivity index (χ1n) is 9.58. The Morgan fingerprint density at radius 1 is 1.29 bits per heavy atom. The molecule has 2 aromatic heterocycles. The number of nitro benzene ring substituents is 1. The third-order valence-corrected chi connectivity index (χ3v) is 5.71. The number of nitro groups is 1. The lowest BCUT2D eigenvalue weighted by Gasteiger charge is -2.17. The van der Waals surface area contributed by atoms with E-state index in [-0.39, 0.29) is 11.4 Å². The number of anilines is 2. The number of hydrogen-bond donors (Lipinski definition) is 1. The van der Waals surface area contributed by atoms with Crippen molar-refractivity contribution in [2.24, 2.45) is 0 Å². The van der Waals surface area contributed by atoms with Gasteiger partial charge in [0, 0.05) is 24.8 Å². The maximum absolute atomic E-state index is 13.5. The molecule has 0 unspecified atom stereocenters. The summed E-state index contributed by atoms with van der Waals surface area (Å²) in [4.78, 5) is 24.5. The highest BCUT2D eigenvalue weighted by Gasteiger charge is 2.23. The molecule has 1 N–H and O–H groups in total. The summed E-state index contributed by atoms with van der Waals surface area (Å²) < 4.78 is 20.8. The predicted molar refractivity (Wildman–Crippen MR) is 112 cm³/mol. The second-order valence-electron chi connectivity index (χ2n) is 6.90. The molecule has 1 aliphatic heterocycles. The molecule has 4 rings (SSSR count). The largest absolute Gasteiger partial charge is 0.467 e. The van der Waals surface area contributed by atoms with Gasteiger partial charge in [-0.3, -0.25) is 19.5 Å². The fourth-order valence-corrected chi connectivity index (χ4v) is 4.03. The second kappa shape index (κ2) is 9.16. The molecule has 0 saturated carbocycles. The lowest BCUT2D eigenvalue weighted by Crippen LogP contribution is -2.22. The summed E-state index contributed by atoms with van der Waals surface area (Å²) >= 11 is 1.19. The van der Waals surface area contributed by atoms with Crippen LogP contribution in [0.4, 0.5) is 21.7 Å². The van der Waals surface area contributed by atoms with Crippen molar-refractivity contribution >= 4 is 35.0 Å². The summed E-state index contributed by atoms with van der Waals surface area (Å²) in [7, 11) is 0. The Morgan fingerprint density at radius 3 is 2.81 bits per heavy atom. The summed E-state index contributed by atoms with van der Waals surface area (Å²) in [6.07, 6.45) is 3.77. The third-order valence-electron chi connectivity index (χ3n) is 4.74. The van der Waals surface area contributed by atoms with Gasteiger partial charge in [0.25, 0.3) is 0 Å². The Balaban J connectivity index is 1.46. The predicted octanol–water partition coefficient (Wildman–Crippen LogP) is 3.30. The molecule has 162 valence electrons. The fourth-order valence-electron chi connectivity index (χ4n) is 3.29. The van der Waals surface area contributed by atoms with E-state index in [4.69, 9.17) is 4.42 Å². The molecular weight excluding hydrogens is 427 g/mol. The van der Waals surface area contributed by atoms with Crippen LogP contribution < -0.4 is 10.2 Å². The number of amides is 1. The normalized spacial score (nSPS) is 13.5. The molecule has 3 aromatic rings. The maximum atomic E-state index is 13.5. The van der Waals surface area contributed by atoms with Gasteiger partial charge in [0.05, 0.1) is 23.5 Å². The molecule has 0 spiro atoms. The van der Waals surface area contributed by atoms with E-state index in [1.54, 1.807) is 12.3 Å². The van der Waals surface area contributed by atoms with Crippen molar-refractivity contribution in [1.82, 2.24) is 14.8 Å². The summed E-state index contributed by atoms with van der Waals surface area (Å²) in [5.74, 6) is 0.108. The van der Waals surface area contributed by atoms with E-state index in [2.05, 4.69) is 20.4 Å². The highest BCUT2D eigenvalue weighted by Crippen LogP contribution is 2.27. The monoisotopic (exact) mass is 446 g/mol. The molecule has 1 fully saturated rings. The first-order chi connectivity index (χ1) is 15.0. The SMILES string of the molecule is O=C(CSc1nnc(N2CCCC2)n1Cc1ccco1)Nc1ccc(F)c([N+](=O)[O-])c1. The molecule has 31 heavy (non-hydrogen) atoms. The molecule has 3 heterocycles. The van der Waals surface area contributed by atoms with Gasteiger partial charge in [-0.15, -0.1) is 10.2 Å². The van der Waals surface area contributed by atoms with Gasteiger partial charge in [-0.25, -0.2) is 0 Å². The lowest BCUT2D eigenvalue weighted by atomic mass is 10.2. The van der Waals surface area contributed by atoms with Crippen LogP contribution in [0, 0.1) is 15.9 Å². The molecular formula is C19H19FN6O4S. The minimum Gasteiger partial charge on any atom is -0.467 e. The molecule has 0 bridgehead atoms. The highest BCUT2D eigenvalue weighted by molar-refractivity contribution is 7.99. The number of hydrogen-bond acceptors (Lipinski definition) is 8. The quantitative estimate of drug-likeness (QED) is 0.318. The van der Waals surface area contributed by atoms with Gasteiger partial charge in [0.15, 0.2) is 5.16 Å². The lowest BCUT2D eigenvalue weighted by molar-refractivity contribution is -0.387. The standard InChI is InChI=1S/C19H19FN6O4S/c20-15-6-5-13(10-16(15)26(28)29)21-17(27)12-31-19-23-22-18(24-7-1-2-8-24)25(19)11-14-4-3-9-30-14/h3-6,9-10H,1-2,7-8,11-12H2,(H,21,27). The van der Waals surface area contributed by atoms with Gasteiger partial charge in [-0.2, -0.15) is 4.39 Å². The number of nitrogens with zero attached hydrogens (tertiary/aromatic N) is 5. The van der Waals surface area contributed by atoms with Gasteiger partial charge in [0.1, 0.15) is 5.76 Å². The Morgan fingerprint density at radius 2 is 2.10 bits per heavy atom. The average molecular weight is 446 g/mol. The number of aromatic nitrogens is 3. The molecule has 1 amide bonds. The van der Waals surface area contributed by atoms with Crippen LogP contribution in [0.15, 0.2) is 46.2 Å². The van der Waals surface area contributed by atoms with Crippen LogP contribution >= 0.6 is 11.8 Å². The first-order valence-corrected chi connectivity index (χ1v) is 10.6. The number of thioether (sulfide) groups is 1. The molecule has 1 saturated heterocycles. The van der Waals surface area contributed by atoms with Crippen LogP contribution in [0.1, 0.15) is 18.6 Å². The van der Waals surface area contributed by atoms with E-state index in [0.717, 1.165) is 49.8 Å². The van der Waals surface area contributed by atoms with Gasteiger partial charge in [-0.05, 0) is 37.1 Å². The van der Waals surface area contributed by atoms with Gasteiger partial charge in [-0.1, -0.05) is 11.8 Å². The Labute approximate surface area is 180 Å². The average Bonchev–Trinajstić information content (AvgIpc) is 3.50. The van der Waals surface area contributed by atoms with Crippen LogP contribution in [0.2, 0.25) is 0 Å². The van der Waals surface area contributed by atoms with E-state index in [1.165, 1.54) is 17.8 Å². The van der Waals surface area contributed by atoms with Crippen molar-refractivity contribution in [2.75, 3.05) is 29.1 Å². The van der Waals surface area contributed by atoms with Gasteiger partial charge < -0.3 is 14.6 Å². The van der Waals surface area contributed by atoms with Crippen molar-refractivity contribution in [3.05, 3.63) is 58.3 Å². The summed E-state index contributed by atoms with van der Waals surface area (Å²) in [6, 6.07) is 6.87. The van der Waals surface area contributed by atoms with E-state index in [9.17, 15) is 19.3 Å². The zero-order chi connectivity index (χ0) is 21.8. The number of halogens is 1. The van der Waals surface area contributed by atoms with E-state index in [1.807, 2.05) is 10.6 Å². The Bertz CT molecular complexity index is 1080. The zero-order valence-electron chi connectivity index (χ0n) is 16.4. The van der Waals surface area contributed by atoms with E-state index >= 15 is 0 Å². The van der Waals surface area contributed by atoms with Crippen molar-refractivity contribution < 1.29 is 18.5 Å². The van der Waals surface area contributed by atoms with Crippen molar-refractivity contribution in [3.8, 4) is 0 Å². The number of rotatable bonds is 8. The smallest absolute Gasteiger partial charge is 0.306 e. The number of carbonyl (C=O) groups excluding carboxylic acids is 1. The van der Waals surface area contributed by atoms with Gasteiger partial charge in [0.2, 0.25) is 17.7 Å². The minimum atomic E-state index is -0.960. The molecule has 1 aliphatic rings. The van der Waals surface area contributed by atoms with Crippen LogP contribution in [0.25, 0.3) is 0 Å². The second-order valence-corrected chi connectivity index (χ2v) is 7.84.